The van der Waals surface area contributed by atoms with Gasteiger partial charge in [-0.25, -0.2) is 0 Å². The molecule has 0 atom stereocenters. The maximum Gasteiger partial charge on any atom is 0.453 e. The Kier molecular flexibility index (Phi) is 3.79. The lowest BCUT2D eigenvalue weighted by atomic mass is 10.2. The lowest BCUT2D eigenvalue weighted by Crippen LogP contribution is -2.37. The van der Waals surface area contributed by atoms with Gasteiger partial charge in [-0.2, -0.15) is 22.0 Å². The van der Waals surface area contributed by atoms with Gasteiger partial charge in [0.25, 0.3) is 0 Å². The predicted octanol–water partition coefficient (Wildman–Crippen LogP) is 3.24. The van der Waals surface area contributed by atoms with Crippen molar-refractivity contribution in [2.24, 2.45) is 0 Å². The third kappa shape index (κ3) is 3.47. The Bertz CT molecular complexity index is 377. The topological polar surface area (TPSA) is 35.2 Å². The molecule has 0 aliphatic heterocycles. The Hall–Kier alpha value is -1.53. The van der Waals surface area contributed by atoms with Gasteiger partial charge >= 0.3 is 12.1 Å². The van der Waals surface area contributed by atoms with Gasteiger partial charge in [0.2, 0.25) is 0 Å². The molecular weight excluding hydrogens is 245 g/mol. The van der Waals surface area contributed by atoms with Crippen LogP contribution in [0.5, 0.6) is 5.75 Å². The molecule has 17 heavy (non-hydrogen) atoms. The number of rotatable bonds is 4. The van der Waals surface area contributed by atoms with Crippen molar-refractivity contribution in [1.29, 1.82) is 0 Å². The first kappa shape index (κ1) is 13.5. The van der Waals surface area contributed by atoms with Gasteiger partial charge in [0.05, 0.1) is 18.7 Å². The summed E-state index contributed by atoms with van der Waals surface area (Å²) in [6.07, 6.45) is -7.00. The average molecular weight is 255 g/mol. The highest BCUT2D eigenvalue weighted by molar-refractivity contribution is 5.51. The number of halogens is 5. The van der Waals surface area contributed by atoms with Crippen molar-refractivity contribution >= 4 is 5.69 Å². The fourth-order valence-corrected chi connectivity index (χ4v) is 1.04. The van der Waals surface area contributed by atoms with Crippen LogP contribution < -0.4 is 10.5 Å². The zero-order valence-corrected chi connectivity index (χ0v) is 8.60. The lowest BCUT2D eigenvalue weighted by Gasteiger charge is -2.19. The second-order valence-electron chi connectivity index (χ2n) is 3.34. The Morgan fingerprint density at radius 3 is 2.18 bits per heavy atom. The van der Waals surface area contributed by atoms with Crippen molar-refractivity contribution in [1.82, 2.24) is 0 Å². The van der Waals surface area contributed by atoms with Gasteiger partial charge < -0.3 is 10.5 Å². The zero-order valence-electron chi connectivity index (χ0n) is 8.60. The third-order valence-electron chi connectivity index (χ3n) is 2.01. The highest BCUT2D eigenvalue weighted by Crippen LogP contribution is 2.38. The van der Waals surface area contributed by atoms with E-state index in [2.05, 4.69) is 0 Å². The van der Waals surface area contributed by atoms with Crippen molar-refractivity contribution in [3.63, 3.8) is 0 Å². The molecule has 0 saturated heterocycles. The number of alkyl halides is 5. The summed E-state index contributed by atoms with van der Waals surface area (Å²) in [6.45, 7) is -0.763. The summed E-state index contributed by atoms with van der Waals surface area (Å²) >= 11 is 0. The van der Waals surface area contributed by atoms with Crippen molar-refractivity contribution in [2.45, 2.75) is 18.5 Å². The molecule has 0 aromatic heterocycles. The van der Waals surface area contributed by atoms with Crippen LogP contribution >= 0.6 is 0 Å². The molecule has 0 aliphatic rings. The first-order valence-electron chi connectivity index (χ1n) is 4.66. The predicted molar refractivity (Wildman–Crippen MR) is 52.0 cm³/mol. The van der Waals surface area contributed by atoms with Crippen molar-refractivity contribution in [3.8, 4) is 5.75 Å². The molecule has 0 radical (unpaired) electrons. The van der Waals surface area contributed by atoms with E-state index in [4.69, 9.17) is 10.5 Å². The number of nitrogens with two attached hydrogens (primary N) is 1. The molecule has 0 aliphatic carbocycles. The summed E-state index contributed by atoms with van der Waals surface area (Å²) in [7, 11) is 0. The molecule has 96 valence electrons. The summed E-state index contributed by atoms with van der Waals surface area (Å²) in [5.74, 6) is -4.67. The minimum Gasteiger partial charge on any atom is -0.491 e. The Morgan fingerprint density at radius 1 is 1.06 bits per heavy atom. The first-order valence-corrected chi connectivity index (χ1v) is 4.66. The summed E-state index contributed by atoms with van der Waals surface area (Å²) in [5.41, 5.74) is 5.60. The fourth-order valence-electron chi connectivity index (χ4n) is 1.04. The summed E-state index contributed by atoms with van der Waals surface area (Å²) in [4.78, 5) is 0. The number of anilines is 1. The van der Waals surface area contributed by atoms with Gasteiger partial charge in [-0.05, 0) is 12.1 Å². The lowest BCUT2D eigenvalue weighted by molar-refractivity contribution is -0.285. The molecule has 1 aromatic rings. The Labute approximate surface area is 94.2 Å². The van der Waals surface area contributed by atoms with Crippen LogP contribution in [0.4, 0.5) is 27.6 Å². The molecule has 2 N–H and O–H groups in total. The minimum atomic E-state index is -5.56. The van der Waals surface area contributed by atoms with Crippen LogP contribution in [-0.4, -0.2) is 18.7 Å². The average Bonchev–Trinajstić information content (AvgIpc) is 2.19. The van der Waals surface area contributed by atoms with Crippen molar-refractivity contribution < 1.29 is 26.7 Å². The van der Waals surface area contributed by atoms with E-state index in [1.54, 1.807) is 6.07 Å². The molecule has 0 amide bonds. The Balaban J connectivity index is 2.52. The van der Waals surface area contributed by atoms with Crippen LogP contribution in [-0.2, 0) is 0 Å². The SMILES string of the molecule is Nc1ccccc1OCCC(F)(F)C(F)(F)F. The smallest absolute Gasteiger partial charge is 0.453 e. The van der Waals surface area contributed by atoms with E-state index in [-0.39, 0.29) is 11.4 Å². The maximum absolute atomic E-state index is 12.5. The van der Waals surface area contributed by atoms with E-state index in [0.29, 0.717) is 0 Å². The van der Waals surface area contributed by atoms with E-state index in [1.165, 1.54) is 18.2 Å². The van der Waals surface area contributed by atoms with E-state index >= 15 is 0 Å². The van der Waals surface area contributed by atoms with Crippen molar-refractivity contribution in [3.05, 3.63) is 24.3 Å². The van der Waals surface area contributed by atoms with Crippen LogP contribution in [0.15, 0.2) is 24.3 Å². The van der Waals surface area contributed by atoms with Crippen LogP contribution in [0.3, 0.4) is 0 Å². The third-order valence-corrected chi connectivity index (χ3v) is 2.01. The molecular formula is C10H10F5NO. The quantitative estimate of drug-likeness (QED) is 0.662. The number of benzene rings is 1. The zero-order chi connectivity index (χ0) is 13.1. The second kappa shape index (κ2) is 4.77. The minimum absolute atomic E-state index is 0.0884. The molecule has 2 nitrogen and oxygen atoms in total. The molecule has 1 rings (SSSR count). The molecule has 0 spiro atoms. The highest BCUT2D eigenvalue weighted by atomic mass is 19.4. The maximum atomic E-state index is 12.5. The van der Waals surface area contributed by atoms with Gasteiger partial charge in [-0.15, -0.1) is 0 Å². The van der Waals surface area contributed by atoms with Gasteiger partial charge in [0, 0.05) is 0 Å². The number of hydrogen-bond donors (Lipinski definition) is 1. The molecule has 7 heteroatoms. The van der Waals surface area contributed by atoms with Gasteiger partial charge in [0.1, 0.15) is 5.75 Å². The van der Waals surface area contributed by atoms with Gasteiger partial charge in [-0.3, -0.25) is 0 Å². The summed E-state index contributed by atoms with van der Waals surface area (Å²) in [6, 6.07) is 5.97. The highest BCUT2D eigenvalue weighted by Gasteiger charge is 2.56. The van der Waals surface area contributed by atoms with E-state index in [0.717, 1.165) is 0 Å². The van der Waals surface area contributed by atoms with Crippen LogP contribution in [0.2, 0.25) is 0 Å². The Morgan fingerprint density at radius 2 is 1.65 bits per heavy atom. The van der Waals surface area contributed by atoms with Crippen LogP contribution in [0, 0.1) is 0 Å². The normalized spacial score (nSPS) is 12.5. The van der Waals surface area contributed by atoms with Crippen LogP contribution in [0.1, 0.15) is 6.42 Å². The van der Waals surface area contributed by atoms with Gasteiger partial charge in [-0.1, -0.05) is 12.1 Å². The molecule has 1 aromatic carbocycles. The number of ether oxygens (including phenoxy) is 1. The summed E-state index contributed by atoms with van der Waals surface area (Å²) in [5, 5.41) is 0. The largest absolute Gasteiger partial charge is 0.491 e. The van der Waals surface area contributed by atoms with E-state index in [1.807, 2.05) is 0 Å². The summed E-state index contributed by atoms with van der Waals surface area (Å²) < 4.78 is 65.2. The molecule has 0 unspecified atom stereocenters. The van der Waals surface area contributed by atoms with Crippen molar-refractivity contribution in [2.75, 3.05) is 12.3 Å². The number of nitrogen functional groups attached to an aromatic ring is 1. The molecule has 0 saturated carbocycles. The molecule has 0 heterocycles. The monoisotopic (exact) mass is 255 g/mol. The molecule has 0 bridgehead atoms. The number of hydrogen-bond acceptors (Lipinski definition) is 2. The first-order chi connectivity index (χ1) is 7.74. The second-order valence-corrected chi connectivity index (χ2v) is 3.34. The van der Waals surface area contributed by atoms with E-state index in [9.17, 15) is 22.0 Å². The standard InChI is InChI=1S/C10H10F5NO/c11-9(12,10(13,14)15)5-6-17-8-4-2-1-3-7(8)16/h1-4H,5-6,16H2. The van der Waals surface area contributed by atoms with E-state index < -0.39 is 25.1 Å². The number of para-hydroxylation sites is 2. The molecule has 0 fully saturated rings. The van der Waals surface area contributed by atoms with Gasteiger partial charge in [0.15, 0.2) is 0 Å². The van der Waals surface area contributed by atoms with Crippen LogP contribution in [0.25, 0.3) is 0 Å². The fraction of sp³-hybridized carbons (Fsp3) is 0.400.